The average molecular weight is 641 g/mol. The number of nitrogens with zero attached hydrogens (tertiary/aromatic N) is 1. The second-order valence-electron chi connectivity index (χ2n) is 11.0. The van der Waals surface area contributed by atoms with Gasteiger partial charge in [0, 0.05) is 18.8 Å². The van der Waals surface area contributed by atoms with Gasteiger partial charge in [-0.2, -0.15) is 4.72 Å². The first-order valence-corrected chi connectivity index (χ1v) is 15.9. The molecule has 45 heavy (non-hydrogen) atoms. The highest BCUT2D eigenvalue weighted by molar-refractivity contribution is 7.89. The number of ketones is 1. The number of Topliss-reactive ketones (excluding diaryl/α,β-unsaturated/α-hetero) is 1. The topological polar surface area (TPSA) is 212 Å². The maximum absolute atomic E-state index is 13.7. The summed E-state index contributed by atoms with van der Waals surface area (Å²) in [6.07, 6.45) is 1.31. The number of carbonyl (C=O) groups excluding carboxylic acids is 3. The minimum atomic E-state index is -4.17. The second-order valence-corrected chi connectivity index (χ2v) is 12.7. The highest BCUT2D eigenvalue weighted by Crippen LogP contribution is 2.27. The molecular formula is C31H40N6O7S. The number of carbonyl (C=O) groups is 4. The maximum Gasteiger partial charge on any atom is 0.304 e. The van der Waals surface area contributed by atoms with E-state index in [4.69, 9.17) is 11.1 Å². The smallest absolute Gasteiger partial charge is 0.304 e. The summed E-state index contributed by atoms with van der Waals surface area (Å²) >= 11 is 0. The Bertz CT molecular complexity index is 1580. The maximum atomic E-state index is 13.7. The number of benzene rings is 2. The Hall–Kier alpha value is -4.56. The van der Waals surface area contributed by atoms with Crippen LogP contribution in [-0.2, 0) is 29.2 Å². The third kappa shape index (κ3) is 9.71. The molecule has 242 valence electrons. The van der Waals surface area contributed by atoms with Crippen LogP contribution in [0, 0.1) is 25.2 Å². The van der Waals surface area contributed by atoms with Gasteiger partial charge in [0.05, 0.1) is 17.2 Å². The summed E-state index contributed by atoms with van der Waals surface area (Å²) in [4.78, 5) is 53.2. The normalized spacial score (nSPS) is 16.6. The quantitative estimate of drug-likeness (QED) is 0.0767. The summed E-state index contributed by atoms with van der Waals surface area (Å²) in [5, 5.41) is 22.1. The van der Waals surface area contributed by atoms with Crippen LogP contribution in [-0.4, -0.2) is 68.2 Å². The van der Waals surface area contributed by atoms with Crippen molar-refractivity contribution < 1.29 is 32.7 Å². The number of carboxylic acids is 1. The fourth-order valence-corrected chi connectivity index (χ4v) is 6.68. The van der Waals surface area contributed by atoms with E-state index in [1.54, 1.807) is 49.4 Å². The molecule has 2 aromatic rings. The molecule has 0 aromatic heterocycles. The van der Waals surface area contributed by atoms with Gasteiger partial charge in [0.2, 0.25) is 21.8 Å². The molecule has 3 rings (SSSR count). The lowest BCUT2D eigenvalue weighted by Gasteiger charge is -2.25. The highest BCUT2D eigenvalue weighted by atomic mass is 32.2. The van der Waals surface area contributed by atoms with Gasteiger partial charge in [-0.1, -0.05) is 42.0 Å². The van der Waals surface area contributed by atoms with Crippen LogP contribution in [0.2, 0.25) is 0 Å². The molecule has 0 radical (unpaired) electrons. The van der Waals surface area contributed by atoms with Gasteiger partial charge in [0.15, 0.2) is 11.7 Å². The van der Waals surface area contributed by atoms with Crippen molar-refractivity contribution in [2.75, 3.05) is 18.0 Å². The van der Waals surface area contributed by atoms with Crippen LogP contribution < -0.4 is 26.0 Å². The highest BCUT2D eigenvalue weighted by Gasteiger charge is 2.34. The lowest BCUT2D eigenvalue weighted by atomic mass is 9.94. The minimum Gasteiger partial charge on any atom is -0.481 e. The fourth-order valence-electron chi connectivity index (χ4n) is 5.23. The molecule has 0 spiro atoms. The average Bonchev–Trinajstić information content (AvgIpc) is 3.11. The molecule has 0 bridgehead atoms. The summed E-state index contributed by atoms with van der Waals surface area (Å²) in [5.41, 5.74) is 7.61. The summed E-state index contributed by atoms with van der Waals surface area (Å²) in [6, 6.07) is 11.0. The van der Waals surface area contributed by atoms with Crippen LogP contribution in [0.5, 0.6) is 0 Å². The Balaban J connectivity index is 1.92. The van der Waals surface area contributed by atoms with E-state index in [0.717, 1.165) is 5.56 Å². The number of guanidine groups is 1. The number of anilines is 1. The molecular weight excluding hydrogens is 600 g/mol. The van der Waals surface area contributed by atoms with Gasteiger partial charge in [0.25, 0.3) is 0 Å². The Kier molecular flexibility index (Phi) is 12.0. The van der Waals surface area contributed by atoms with Crippen molar-refractivity contribution in [1.82, 2.24) is 15.4 Å². The van der Waals surface area contributed by atoms with Gasteiger partial charge in [-0.15, -0.1) is 0 Å². The number of carboxylic acid groups (broad SMARTS) is 1. The van der Waals surface area contributed by atoms with Gasteiger partial charge < -0.3 is 26.4 Å². The molecule has 7 N–H and O–H groups in total. The van der Waals surface area contributed by atoms with E-state index >= 15 is 0 Å². The molecule has 1 heterocycles. The number of hydrogen-bond donors (Lipinski definition) is 6. The van der Waals surface area contributed by atoms with E-state index in [9.17, 15) is 32.7 Å². The van der Waals surface area contributed by atoms with Crippen LogP contribution in [0.25, 0.3) is 0 Å². The molecule has 14 heteroatoms. The minimum absolute atomic E-state index is 0.00150. The second kappa shape index (κ2) is 15.4. The first kappa shape index (κ1) is 34.9. The van der Waals surface area contributed by atoms with Crippen molar-refractivity contribution in [1.29, 1.82) is 5.41 Å². The summed E-state index contributed by atoms with van der Waals surface area (Å²) in [5.74, 6) is -4.29. The molecule has 1 aliphatic rings. The number of hydrogen-bond acceptors (Lipinski definition) is 7. The molecule has 0 aliphatic carbocycles. The molecule has 0 saturated heterocycles. The zero-order valence-electron chi connectivity index (χ0n) is 25.5. The van der Waals surface area contributed by atoms with Crippen molar-refractivity contribution in [3.63, 3.8) is 0 Å². The van der Waals surface area contributed by atoms with Crippen molar-refractivity contribution in [2.24, 2.45) is 11.7 Å². The van der Waals surface area contributed by atoms with E-state index in [-0.39, 0.29) is 43.2 Å². The predicted octanol–water partition coefficient (Wildman–Crippen LogP) is 1.74. The largest absolute Gasteiger partial charge is 0.481 e. The zero-order valence-corrected chi connectivity index (χ0v) is 26.3. The van der Waals surface area contributed by atoms with Gasteiger partial charge in [-0.05, 0) is 69.4 Å². The third-order valence-electron chi connectivity index (χ3n) is 7.37. The molecule has 3 atom stereocenters. The Labute approximate surface area is 262 Å². The number of amides is 2. The summed E-state index contributed by atoms with van der Waals surface area (Å²) in [7, 11) is -4.17. The van der Waals surface area contributed by atoms with Crippen LogP contribution in [0.15, 0.2) is 65.1 Å². The Morgan fingerprint density at radius 2 is 1.82 bits per heavy atom. The third-order valence-corrected chi connectivity index (χ3v) is 9.00. The van der Waals surface area contributed by atoms with Crippen molar-refractivity contribution in [3.05, 3.63) is 71.3 Å². The Morgan fingerprint density at radius 3 is 2.42 bits per heavy atom. The first-order chi connectivity index (χ1) is 21.2. The number of nitrogens with two attached hydrogens (primary N) is 1. The summed E-state index contributed by atoms with van der Waals surface area (Å²) in [6.45, 7) is 5.05. The van der Waals surface area contributed by atoms with E-state index in [1.165, 1.54) is 24.0 Å². The van der Waals surface area contributed by atoms with E-state index < -0.39 is 58.0 Å². The number of nitrogens with one attached hydrogen (secondary N) is 4. The van der Waals surface area contributed by atoms with Crippen LogP contribution in [0.4, 0.5) is 5.69 Å². The number of aryl methyl sites for hydroxylation is 2. The molecule has 1 aliphatic heterocycles. The van der Waals surface area contributed by atoms with Gasteiger partial charge in [-0.25, -0.2) is 8.42 Å². The van der Waals surface area contributed by atoms with Gasteiger partial charge in [0.1, 0.15) is 12.1 Å². The lowest BCUT2D eigenvalue weighted by Crippen LogP contribution is -2.52. The molecule has 2 amide bonds. The van der Waals surface area contributed by atoms with Crippen molar-refractivity contribution in [2.45, 2.75) is 63.4 Å². The van der Waals surface area contributed by atoms with E-state index in [1.807, 2.05) is 6.92 Å². The molecule has 13 nitrogen and oxygen atoms in total. The predicted molar refractivity (Wildman–Crippen MR) is 169 cm³/mol. The van der Waals surface area contributed by atoms with Crippen molar-refractivity contribution in [3.8, 4) is 0 Å². The van der Waals surface area contributed by atoms with Crippen LogP contribution in [0.3, 0.4) is 0 Å². The molecule has 0 saturated carbocycles. The number of rotatable bonds is 14. The molecule has 0 fully saturated rings. The fraction of sp³-hybridized carbons (Fsp3) is 0.387. The number of aliphatic carboxylic acids is 1. The first-order valence-electron chi connectivity index (χ1n) is 14.5. The molecule has 2 aromatic carbocycles. The molecule has 3 unspecified atom stereocenters. The van der Waals surface area contributed by atoms with Crippen LogP contribution in [0.1, 0.15) is 43.7 Å². The SMILES string of the molecule is CC(=O)C(NC(=O)C(CCCNC(=N)N)NS(=O)(=O)c1ccc(C)cc1C)C1=CC(CC(=O)O)C(=O)N(c2ccccc2)CC1. The standard InChI is InChI=1S/C31H40N6O7S/c1-19-11-12-26(20(2)16-19)45(43,44)36-25(10-7-14-34-31(32)33)29(41)35-28(21(3)38)22-13-15-37(24-8-5-4-6-9-24)30(42)23(17-22)18-27(39)40/h4-6,8-9,11-12,16-17,23,25,28,36H,7,10,13-15,18H2,1-3H3,(H,35,41)(H,39,40)(H4,32,33,34). The van der Waals surface area contributed by atoms with Gasteiger partial charge in [-0.3, -0.25) is 24.6 Å². The van der Waals surface area contributed by atoms with Crippen LogP contribution >= 0.6 is 0 Å². The number of para-hydroxylation sites is 1. The van der Waals surface area contributed by atoms with Crippen molar-refractivity contribution >= 4 is 45.2 Å². The van der Waals surface area contributed by atoms with E-state index in [2.05, 4.69) is 15.4 Å². The Morgan fingerprint density at radius 1 is 1.13 bits per heavy atom. The number of sulfonamides is 1. The lowest BCUT2D eigenvalue weighted by molar-refractivity contribution is -0.139. The monoisotopic (exact) mass is 640 g/mol. The van der Waals surface area contributed by atoms with Gasteiger partial charge >= 0.3 is 5.97 Å². The van der Waals surface area contributed by atoms with E-state index in [0.29, 0.717) is 16.8 Å². The summed E-state index contributed by atoms with van der Waals surface area (Å²) < 4.78 is 29.3. The zero-order chi connectivity index (χ0) is 33.3.